The van der Waals surface area contributed by atoms with Crippen molar-refractivity contribution in [3.63, 3.8) is 0 Å². The first-order valence-corrected chi connectivity index (χ1v) is 8.89. The zero-order valence-corrected chi connectivity index (χ0v) is 18.8. The fraction of sp³-hybridized carbons (Fsp3) is 0.273. The molecule has 0 aliphatic rings. The summed E-state index contributed by atoms with van der Waals surface area (Å²) in [6.07, 6.45) is 1.23. The molecule has 2 unspecified atom stereocenters. The molecule has 3 aromatic rings. The van der Waals surface area contributed by atoms with E-state index >= 15 is 0 Å². The largest absolute Gasteiger partial charge is 0.393 e. The Hall–Kier alpha value is -2.05. The minimum atomic E-state index is -0.634. The monoisotopic (exact) mass is 578 g/mol. The van der Waals surface area contributed by atoms with Crippen molar-refractivity contribution in [2.75, 3.05) is 0 Å². The standard InChI is InChI=1S/C17H11F2N2.C5H12O2.Ir/c1-11-17(12-5-3-2-4-6-12)20-10-16(21-11)13-7-14(18)9-15(19)8-13;1-4(6)3-5(2)7;/h2-5,7-10H,1H3;4-7H,3H2,1-2H3;/q-1;;. The molecule has 0 fully saturated rings. The Kier molecular flexibility index (Phi) is 10.2. The Labute approximate surface area is 183 Å². The number of aliphatic hydroxyl groups is 2. The molecule has 1 radical (unpaired) electrons. The van der Waals surface area contributed by atoms with Crippen molar-refractivity contribution < 1.29 is 39.1 Å². The van der Waals surface area contributed by atoms with E-state index in [1.165, 1.54) is 18.3 Å². The molecule has 2 atom stereocenters. The Balaban J connectivity index is 0.000000456. The Morgan fingerprint density at radius 3 is 2.10 bits per heavy atom. The van der Waals surface area contributed by atoms with Crippen molar-refractivity contribution in [3.8, 4) is 22.5 Å². The van der Waals surface area contributed by atoms with Crippen LogP contribution < -0.4 is 0 Å². The van der Waals surface area contributed by atoms with Crippen molar-refractivity contribution in [1.82, 2.24) is 9.97 Å². The van der Waals surface area contributed by atoms with Crippen LogP contribution in [0.1, 0.15) is 26.0 Å². The Morgan fingerprint density at radius 1 is 1.03 bits per heavy atom. The molecule has 0 spiro atoms. The zero-order chi connectivity index (χ0) is 20.7. The first kappa shape index (κ1) is 25.0. The van der Waals surface area contributed by atoms with Crippen LogP contribution in [0, 0.1) is 24.6 Å². The van der Waals surface area contributed by atoms with Gasteiger partial charge < -0.3 is 15.2 Å². The predicted molar refractivity (Wildman–Crippen MR) is 104 cm³/mol. The van der Waals surface area contributed by atoms with Gasteiger partial charge >= 0.3 is 0 Å². The first-order chi connectivity index (χ1) is 13.3. The third-order valence-corrected chi connectivity index (χ3v) is 3.75. The maximum absolute atomic E-state index is 13.3. The molecular weight excluding hydrogens is 554 g/mol. The molecule has 2 N–H and O–H groups in total. The summed E-state index contributed by atoms with van der Waals surface area (Å²) < 4.78 is 26.5. The fourth-order valence-electron chi connectivity index (χ4n) is 2.62. The van der Waals surface area contributed by atoms with E-state index in [1.54, 1.807) is 19.9 Å². The minimum Gasteiger partial charge on any atom is -0.393 e. The van der Waals surface area contributed by atoms with E-state index in [-0.39, 0.29) is 32.3 Å². The van der Waals surface area contributed by atoms with Gasteiger partial charge in [-0.05, 0) is 39.3 Å². The molecule has 0 aliphatic carbocycles. The molecule has 29 heavy (non-hydrogen) atoms. The van der Waals surface area contributed by atoms with E-state index in [2.05, 4.69) is 16.0 Å². The average molecular weight is 578 g/mol. The summed E-state index contributed by atoms with van der Waals surface area (Å²) in [6.45, 7) is 5.13. The van der Waals surface area contributed by atoms with Crippen LogP contribution in [0.3, 0.4) is 0 Å². The third kappa shape index (κ3) is 8.07. The number of aliphatic hydroxyl groups excluding tert-OH is 2. The maximum Gasteiger partial charge on any atom is 0.126 e. The van der Waals surface area contributed by atoms with E-state index in [0.717, 1.165) is 11.6 Å². The number of halogens is 2. The van der Waals surface area contributed by atoms with E-state index in [9.17, 15) is 8.78 Å². The fourth-order valence-corrected chi connectivity index (χ4v) is 2.62. The molecule has 0 saturated heterocycles. The number of aromatic nitrogens is 2. The van der Waals surface area contributed by atoms with Gasteiger partial charge in [0.1, 0.15) is 11.6 Å². The van der Waals surface area contributed by atoms with E-state index < -0.39 is 11.6 Å². The SMILES string of the molecule is CC(O)CC(C)O.Cc1nc(-c2cc(F)cc(F)c2)cnc1-c1[c-]cccc1.[Ir]. The van der Waals surface area contributed by atoms with Crippen molar-refractivity contribution in [2.24, 2.45) is 0 Å². The second-order valence-corrected chi connectivity index (χ2v) is 6.56. The van der Waals surface area contributed by atoms with Crippen LogP contribution in [0.2, 0.25) is 0 Å². The van der Waals surface area contributed by atoms with Crippen molar-refractivity contribution in [2.45, 2.75) is 39.4 Å². The quantitative estimate of drug-likeness (QED) is 0.453. The smallest absolute Gasteiger partial charge is 0.126 e. The van der Waals surface area contributed by atoms with Crippen LogP contribution in [0.25, 0.3) is 22.5 Å². The number of rotatable bonds is 4. The predicted octanol–water partition coefficient (Wildman–Crippen LogP) is 4.33. The number of benzene rings is 2. The van der Waals surface area contributed by atoms with Gasteiger partial charge in [0, 0.05) is 49.3 Å². The first-order valence-electron chi connectivity index (χ1n) is 8.89. The van der Waals surface area contributed by atoms with Crippen LogP contribution in [-0.4, -0.2) is 32.4 Å². The second kappa shape index (κ2) is 11.8. The number of aryl methyl sites for hydroxylation is 1. The summed E-state index contributed by atoms with van der Waals surface area (Å²) in [5.41, 5.74) is 3.02. The molecule has 0 saturated carbocycles. The number of hydrogen-bond acceptors (Lipinski definition) is 4. The molecule has 1 aromatic heterocycles. The van der Waals surface area contributed by atoms with Crippen LogP contribution in [0.15, 0.2) is 48.7 Å². The van der Waals surface area contributed by atoms with Gasteiger partial charge in [0.15, 0.2) is 0 Å². The van der Waals surface area contributed by atoms with Crippen molar-refractivity contribution in [1.29, 1.82) is 0 Å². The molecule has 0 amide bonds. The minimum absolute atomic E-state index is 0. The molecule has 0 bridgehead atoms. The van der Waals surface area contributed by atoms with Gasteiger partial charge in [0.2, 0.25) is 0 Å². The van der Waals surface area contributed by atoms with Crippen LogP contribution in [0.5, 0.6) is 0 Å². The Morgan fingerprint density at radius 2 is 1.66 bits per heavy atom. The Bertz CT molecular complexity index is 880. The molecular formula is C22H23F2IrN2O2-. The number of nitrogens with zero attached hydrogens (tertiary/aromatic N) is 2. The summed E-state index contributed by atoms with van der Waals surface area (Å²) >= 11 is 0. The van der Waals surface area contributed by atoms with E-state index in [4.69, 9.17) is 10.2 Å². The summed E-state index contributed by atoms with van der Waals surface area (Å²) in [5, 5.41) is 17.1. The summed E-state index contributed by atoms with van der Waals surface area (Å²) in [6, 6.07) is 13.8. The van der Waals surface area contributed by atoms with Crippen LogP contribution >= 0.6 is 0 Å². The molecule has 3 rings (SSSR count). The molecule has 0 aliphatic heterocycles. The van der Waals surface area contributed by atoms with Gasteiger partial charge in [-0.3, -0.25) is 4.98 Å². The van der Waals surface area contributed by atoms with E-state index in [0.29, 0.717) is 29.1 Å². The summed E-state index contributed by atoms with van der Waals surface area (Å²) in [7, 11) is 0. The van der Waals surface area contributed by atoms with Crippen LogP contribution in [-0.2, 0) is 20.1 Å². The van der Waals surface area contributed by atoms with Crippen LogP contribution in [0.4, 0.5) is 8.78 Å². The second-order valence-electron chi connectivity index (χ2n) is 6.56. The van der Waals surface area contributed by atoms with Gasteiger partial charge in [-0.1, -0.05) is 0 Å². The van der Waals surface area contributed by atoms with Gasteiger partial charge in [-0.25, -0.2) is 8.78 Å². The zero-order valence-electron chi connectivity index (χ0n) is 16.4. The molecule has 157 valence electrons. The summed E-state index contributed by atoms with van der Waals surface area (Å²) in [4.78, 5) is 8.73. The molecule has 1 heterocycles. The van der Waals surface area contributed by atoms with Gasteiger partial charge in [-0.15, -0.1) is 35.9 Å². The average Bonchev–Trinajstić information content (AvgIpc) is 2.61. The van der Waals surface area contributed by atoms with Gasteiger partial charge in [0.05, 0.1) is 17.9 Å². The topological polar surface area (TPSA) is 66.2 Å². The molecule has 7 heteroatoms. The maximum atomic E-state index is 13.3. The van der Waals surface area contributed by atoms with Gasteiger partial charge in [0.25, 0.3) is 0 Å². The molecule has 2 aromatic carbocycles. The van der Waals surface area contributed by atoms with E-state index in [1.807, 2.05) is 25.1 Å². The summed E-state index contributed by atoms with van der Waals surface area (Å²) in [5.74, 6) is -1.27. The number of hydrogen-bond donors (Lipinski definition) is 2. The van der Waals surface area contributed by atoms with Crippen molar-refractivity contribution >= 4 is 0 Å². The normalized spacial score (nSPS) is 12.2. The van der Waals surface area contributed by atoms with Gasteiger partial charge in [-0.2, -0.15) is 0 Å². The third-order valence-electron chi connectivity index (χ3n) is 3.75. The molecule has 4 nitrogen and oxygen atoms in total. The van der Waals surface area contributed by atoms with Crippen molar-refractivity contribution in [3.05, 3.63) is 72.1 Å².